The van der Waals surface area contributed by atoms with Gasteiger partial charge in [0.25, 0.3) is 5.91 Å². The van der Waals surface area contributed by atoms with Gasteiger partial charge in [-0.2, -0.15) is 0 Å². The Labute approximate surface area is 133 Å². The minimum Gasteiger partial charge on any atom is -0.484 e. The maximum Gasteiger partial charge on any atom is 0.287 e. The van der Waals surface area contributed by atoms with Gasteiger partial charge in [-0.05, 0) is 44.2 Å². The lowest BCUT2D eigenvalue weighted by atomic mass is 10.3. The largest absolute Gasteiger partial charge is 0.484 e. The summed E-state index contributed by atoms with van der Waals surface area (Å²) in [7, 11) is 0. The quantitative estimate of drug-likeness (QED) is 0.890. The number of amides is 1. The number of hydrogen-bond donors (Lipinski definition) is 1. The van der Waals surface area contributed by atoms with Crippen molar-refractivity contribution in [1.29, 1.82) is 0 Å². The summed E-state index contributed by atoms with van der Waals surface area (Å²) in [5, 5.41) is 3.72. The third-order valence-electron chi connectivity index (χ3n) is 2.57. The number of ether oxygens (including phenoxy) is 1. The molecule has 1 heterocycles. The molecule has 0 bridgehead atoms. The van der Waals surface area contributed by atoms with Gasteiger partial charge in [0.15, 0.2) is 5.76 Å². The van der Waals surface area contributed by atoms with E-state index in [1.165, 1.54) is 0 Å². The molecule has 0 atom stereocenters. The molecule has 21 heavy (non-hydrogen) atoms. The molecule has 0 aliphatic rings. The average molecular weight is 328 g/mol. The monoisotopic (exact) mass is 327 g/mol. The number of nitrogens with one attached hydrogen (secondary N) is 1. The van der Waals surface area contributed by atoms with Crippen LogP contribution in [0.1, 0.15) is 30.2 Å². The number of benzene rings is 1. The van der Waals surface area contributed by atoms with Gasteiger partial charge in [0.1, 0.15) is 18.1 Å². The van der Waals surface area contributed by atoms with Crippen LogP contribution in [0.15, 0.2) is 34.7 Å². The van der Waals surface area contributed by atoms with Crippen molar-refractivity contribution in [3.05, 3.63) is 51.9 Å². The van der Waals surface area contributed by atoms with Gasteiger partial charge in [0.2, 0.25) is 0 Å². The standard InChI is InChI=1S/C15H15Cl2NO3/c1-9(2)18-15(19)14-6-4-11(21-14)8-20-13-5-3-10(16)7-12(13)17/h3-7,9H,8H2,1-2H3,(H,18,19). The second-order valence-corrected chi connectivity index (χ2v) is 5.60. The maximum atomic E-state index is 11.8. The van der Waals surface area contributed by atoms with Gasteiger partial charge >= 0.3 is 0 Å². The molecule has 1 aromatic carbocycles. The van der Waals surface area contributed by atoms with Crippen molar-refractivity contribution in [2.45, 2.75) is 26.5 Å². The van der Waals surface area contributed by atoms with Crippen LogP contribution in [0.4, 0.5) is 0 Å². The molecule has 0 fully saturated rings. The summed E-state index contributed by atoms with van der Waals surface area (Å²) in [4.78, 5) is 11.8. The predicted octanol–water partition coefficient (Wildman–Crippen LogP) is 4.30. The number of furan rings is 1. The first-order chi connectivity index (χ1) is 9.95. The molecule has 0 aliphatic heterocycles. The first-order valence-electron chi connectivity index (χ1n) is 6.43. The van der Waals surface area contributed by atoms with Crippen molar-refractivity contribution in [2.75, 3.05) is 0 Å². The molecule has 0 saturated carbocycles. The lowest BCUT2D eigenvalue weighted by Crippen LogP contribution is -2.29. The number of rotatable bonds is 5. The second kappa shape index (κ2) is 6.87. The van der Waals surface area contributed by atoms with Crippen LogP contribution in [0.25, 0.3) is 0 Å². The normalized spacial score (nSPS) is 10.7. The highest BCUT2D eigenvalue weighted by Crippen LogP contribution is 2.28. The molecule has 0 radical (unpaired) electrons. The third kappa shape index (κ3) is 4.41. The van der Waals surface area contributed by atoms with Gasteiger partial charge in [-0.1, -0.05) is 23.2 Å². The number of halogens is 2. The van der Waals surface area contributed by atoms with Crippen LogP contribution in [0.5, 0.6) is 5.75 Å². The molecular weight excluding hydrogens is 313 g/mol. The summed E-state index contributed by atoms with van der Waals surface area (Å²) in [5.41, 5.74) is 0. The van der Waals surface area contributed by atoms with E-state index in [0.29, 0.717) is 21.6 Å². The first-order valence-corrected chi connectivity index (χ1v) is 7.18. The lowest BCUT2D eigenvalue weighted by molar-refractivity contribution is 0.0911. The summed E-state index contributed by atoms with van der Waals surface area (Å²) in [6.45, 7) is 3.94. The summed E-state index contributed by atoms with van der Waals surface area (Å²) >= 11 is 11.8. The van der Waals surface area contributed by atoms with E-state index in [1.807, 2.05) is 13.8 Å². The van der Waals surface area contributed by atoms with Crippen molar-refractivity contribution >= 4 is 29.1 Å². The Morgan fingerprint density at radius 3 is 2.71 bits per heavy atom. The summed E-state index contributed by atoms with van der Waals surface area (Å²) in [5.74, 6) is 1.05. The zero-order chi connectivity index (χ0) is 15.4. The van der Waals surface area contributed by atoms with E-state index in [4.69, 9.17) is 32.4 Å². The zero-order valence-electron chi connectivity index (χ0n) is 11.7. The Hall–Kier alpha value is -1.65. The highest BCUT2D eigenvalue weighted by molar-refractivity contribution is 6.35. The second-order valence-electron chi connectivity index (χ2n) is 4.76. The number of carbonyl (C=O) groups is 1. The summed E-state index contributed by atoms with van der Waals surface area (Å²) in [6, 6.07) is 8.32. The summed E-state index contributed by atoms with van der Waals surface area (Å²) in [6.07, 6.45) is 0. The molecular formula is C15H15Cl2NO3. The Morgan fingerprint density at radius 1 is 1.29 bits per heavy atom. The van der Waals surface area contributed by atoms with Gasteiger partial charge in [0.05, 0.1) is 5.02 Å². The molecule has 112 valence electrons. The smallest absolute Gasteiger partial charge is 0.287 e. The molecule has 2 rings (SSSR count). The molecule has 0 saturated heterocycles. The van der Waals surface area contributed by atoms with E-state index in [2.05, 4.69) is 5.32 Å². The molecule has 4 nitrogen and oxygen atoms in total. The van der Waals surface area contributed by atoms with Gasteiger partial charge < -0.3 is 14.5 Å². The van der Waals surface area contributed by atoms with E-state index in [-0.39, 0.29) is 24.3 Å². The van der Waals surface area contributed by atoms with Gasteiger partial charge in [-0.25, -0.2) is 0 Å². The van der Waals surface area contributed by atoms with E-state index >= 15 is 0 Å². The van der Waals surface area contributed by atoms with Crippen molar-refractivity contribution in [1.82, 2.24) is 5.32 Å². The molecule has 1 N–H and O–H groups in total. The minimum atomic E-state index is -0.249. The van der Waals surface area contributed by atoms with Crippen LogP contribution >= 0.6 is 23.2 Å². The van der Waals surface area contributed by atoms with Gasteiger partial charge in [-0.15, -0.1) is 0 Å². The SMILES string of the molecule is CC(C)NC(=O)c1ccc(COc2ccc(Cl)cc2Cl)o1. The Balaban J connectivity index is 1.98. The fourth-order valence-electron chi connectivity index (χ4n) is 1.65. The number of carbonyl (C=O) groups excluding carboxylic acids is 1. The fourth-order valence-corrected chi connectivity index (χ4v) is 2.12. The van der Waals surface area contributed by atoms with Crippen LogP contribution in [0.3, 0.4) is 0 Å². The van der Waals surface area contributed by atoms with Crippen molar-refractivity contribution in [3.63, 3.8) is 0 Å². The first kappa shape index (κ1) is 15.7. The molecule has 0 spiro atoms. The van der Waals surface area contributed by atoms with E-state index < -0.39 is 0 Å². The van der Waals surface area contributed by atoms with Crippen LogP contribution < -0.4 is 10.1 Å². The Morgan fingerprint density at radius 2 is 2.05 bits per heavy atom. The fraction of sp³-hybridized carbons (Fsp3) is 0.267. The van der Waals surface area contributed by atoms with Crippen LogP contribution in [0.2, 0.25) is 10.0 Å². The highest BCUT2D eigenvalue weighted by Gasteiger charge is 2.12. The maximum absolute atomic E-state index is 11.8. The van der Waals surface area contributed by atoms with Crippen molar-refractivity contribution < 1.29 is 13.9 Å². The van der Waals surface area contributed by atoms with Crippen molar-refractivity contribution in [3.8, 4) is 5.75 Å². The predicted molar refractivity (Wildman–Crippen MR) is 82.1 cm³/mol. The van der Waals surface area contributed by atoms with Gasteiger partial charge in [0, 0.05) is 11.1 Å². The average Bonchev–Trinajstić information content (AvgIpc) is 2.86. The van der Waals surface area contributed by atoms with Crippen molar-refractivity contribution in [2.24, 2.45) is 0 Å². The van der Waals surface area contributed by atoms with Gasteiger partial charge in [-0.3, -0.25) is 4.79 Å². The molecule has 1 aromatic heterocycles. The summed E-state index contributed by atoms with van der Waals surface area (Å²) < 4.78 is 11.0. The van der Waals surface area contributed by atoms with E-state index in [0.717, 1.165) is 0 Å². The van der Waals surface area contributed by atoms with E-state index in [1.54, 1.807) is 30.3 Å². The Bertz CT molecular complexity index is 638. The zero-order valence-corrected chi connectivity index (χ0v) is 13.2. The van der Waals surface area contributed by atoms with Crippen LogP contribution in [-0.4, -0.2) is 11.9 Å². The number of hydrogen-bond acceptors (Lipinski definition) is 3. The third-order valence-corrected chi connectivity index (χ3v) is 3.10. The molecule has 1 amide bonds. The Kier molecular flexibility index (Phi) is 5.15. The van der Waals surface area contributed by atoms with E-state index in [9.17, 15) is 4.79 Å². The van der Waals surface area contributed by atoms with Crippen LogP contribution in [-0.2, 0) is 6.61 Å². The molecule has 0 unspecified atom stereocenters. The molecule has 6 heteroatoms. The topological polar surface area (TPSA) is 51.5 Å². The minimum absolute atomic E-state index is 0.0511. The molecule has 2 aromatic rings. The lowest BCUT2D eigenvalue weighted by Gasteiger charge is -2.07. The van der Waals surface area contributed by atoms with Crippen LogP contribution in [0, 0.1) is 0 Å². The highest BCUT2D eigenvalue weighted by atomic mass is 35.5. The molecule has 0 aliphatic carbocycles.